The number of nitrogens with one attached hydrogen (secondary N) is 3. The van der Waals surface area contributed by atoms with E-state index in [0.29, 0.717) is 22.6 Å². The Morgan fingerprint density at radius 1 is 0.920 bits per heavy atom. The van der Waals surface area contributed by atoms with Crippen LogP contribution in [0.4, 0.5) is 17.1 Å². The van der Waals surface area contributed by atoms with Crippen LogP contribution in [0.3, 0.4) is 0 Å². The molecule has 0 spiro atoms. The minimum Gasteiger partial charge on any atom is -0.326 e. The summed E-state index contributed by atoms with van der Waals surface area (Å²) < 4.78 is 25.4. The van der Waals surface area contributed by atoms with E-state index in [-0.39, 0.29) is 17.6 Å². The van der Waals surface area contributed by atoms with Crippen LogP contribution in [-0.4, -0.2) is 26.0 Å². The zero-order chi connectivity index (χ0) is 18.4. The summed E-state index contributed by atoms with van der Waals surface area (Å²) in [6, 6.07) is 12.9. The summed E-state index contributed by atoms with van der Waals surface area (Å²) in [6.07, 6.45) is 0. The lowest BCUT2D eigenvalue weighted by Gasteiger charge is -2.09. The first-order valence-electron chi connectivity index (χ1n) is 7.58. The van der Waals surface area contributed by atoms with Crippen LogP contribution in [-0.2, 0) is 14.8 Å². The van der Waals surface area contributed by atoms with E-state index < -0.39 is 10.0 Å². The first-order chi connectivity index (χ1) is 11.8. The molecule has 0 heterocycles. The fourth-order valence-corrected chi connectivity index (χ4v) is 2.66. The van der Waals surface area contributed by atoms with Gasteiger partial charge in [-0.25, -0.2) is 8.42 Å². The summed E-state index contributed by atoms with van der Waals surface area (Å²) in [6.45, 7) is 2.94. The summed E-state index contributed by atoms with van der Waals surface area (Å²) in [4.78, 5) is 23.3. The number of hydrogen-bond acceptors (Lipinski definition) is 4. The Hall–Kier alpha value is -2.87. The third-order valence-electron chi connectivity index (χ3n) is 3.24. The monoisotopic (exact) mass is 361 g/mol. The molecule has 0 saturated heterocycles. The van der Waals surface area contributed by atoms with E-state index in [9.17, 15) is 18.0 Å². The molecule has 0 unspecified atom stereocenters. The number of sulfonamides is 1. The minimum absolute atomic E-state index is 0.0279. The van der Waals surface area contributed by atoms with Crippen molar-refractivity contribution in [1.29, 1.82) is 0 Å². The normalized spacial score (nSPS) is 10.8. The van der Waals surface area contributed by atoms with Gasteiger partial charge in [-0.3, -0.25) is 14.3 Å². The van der Waals surface area contributed by atoms with Gasteiger partial charge < -0.3 is 10.6 Å². The highest BCUT2D eigenvalue weighted by Gasteiger charge is 2.09. The smallest absolute Gasteiger partial charge is 0.255 e. The van der Waals surface area contributed by atoms with E-state index in [1.54, 1.807) is 31.2 Å². The molecule has 7 nitrogen and oxygen atoms in total. The first kappa shape index (κ1) is 18.5. The van der Waals surface area contributed by atoms with E-state index in [4.69, 9.17) is 0 Å². The SMILES string of the molecule is CCS(=O)(=O)Nc1ccc(C(=O)Nc2cccc(NC(C)=O)c2)cc1. The molecule has 0 aliphatic rings. The Kier molecular flexibility index (Phi) is 5.76. The number of carbonyl (C=O) groups excluding carboxylic acids is 2. The third-order valence-corrected chi connectivity index (χ3v) is 4.55. The van der Waals surface area contributed by atoms with E-state index in [1.807, 2.05) is 0 Å². The van der Waals surface area contributed by atoms with Gasteiger partial charge in [0.15, 0.2) is 0 Å². The summed E-state index contributed by atoms with van der Waals surface area (Å²) in [5, 5.41) is 5.36. The molecule has 3 N–H and O–H groups in total. The summed E-state index contributed by atoms with van der Waals surface area (Å²) in [5.74, 6) is -0.571. The van der Waals surface area contributed by atoms with Gasteiger partial charge in [-0.15, -0.1) is 0 Å². The molecule has 0 atom stereocenters. The van der Waals surface area contributed by atoms with E-state index >= 15 is 0 Å². The van der Waals surface area contributed by atoms with Crippen molar-refractivity contribution in [3.05, 3.63) is 54.1 Å². The molecule has 132 valence electrons. The van der Waals surface area contributed by atoms with Gasteiger partial charge in [-0.2, -0.15) is 0 Å². The van der Waals surface area contributed by atoms with Crippen molar-refractivity contribution in [2.75, 3.05) is 21.1 Å². The highest BCUT2D eigenvalue weighted by atomic mass is 32.2. The van der Waals surface area contributed by atoms with Crippen molar-refractivity contribution in [2.45, 2.75) is 13.8 Å². The molecule has 0 aliphatic carbocycles. The summed E-state index contributed by atoms with van der Waals surface area (Å²) in [5.41, 5.74) is 1.89. The van der Waals surface area contributed by atoms with E-state index in [2.05, 4.69) is 15.4 Å². The Morgan fingerprint density at radius 2 is 1.52 bits per heavy atom. The number of carbonyl (C=O) groups is 2. The van der Waals surface area contributed by atoms with Crippen LogP contribution >= 0.6 is 0 Å². The lowest BCUT2D eigenvalue weighted by Crippen LogP contribution is -2.15. The summed E-state index contributed by atoms with van der Waals surface area (Å²) >= 11 is 0. The Bertz CT molecular complexity index is 877. The van der Waals surface area contributed by atoms with E-state index in [0.717, 1.165) is 0 Å². The minimum atomic E-state index is -3.35. The van der Waals surface area contributed by atoms with Crippen LogP contribution < -0.4 is 15.4 Å². The summed E-state index contributed by atoms with van der Waals surface area (Å²) in [7, 11) is -3.35. The van der Waals surface area contributed by atoms with Crippen molar-refractivity contribution < 1.29 is 18.0 Å². The van der Waals surface area contributed by atoms with Crippen molar-refractivity contribution in [3.8, 4) is 0 Å². The van der Waals surface area contributed by atoms with Gasteiger partial charge in [0.2, 0.25) is 15.9 Å². The van der Waals surface area contributed by atoms with Crippen molar-refractivity contribution >= 4 is 38.9 Å². The van der Waals surface area contributed by atoms with Gasteiger partial charge in [0.1, 0.15) is 0 Å². The van der Waals surface area contributed by atoms with Crippen molar-refractivity contribution in [3.63, 3.8) is 0 Å². The fourth-order valence-electron chi connectivity index (χ4n) is 2.02. The maximum Gasteiger partial charge on any atom is 0.255 e. The van der Waals surface area contributed by atoms with Gasteiger partial charge in [-0.05, 0) is 49.4 Å². The molecule has 25 heavy (non-hydrogen) atoms. The second kappa shape index (κ2) is 7.80. The molecule has 0 fully saturated rings. The van der Waals surface area contributed by atoms with Crippen LogP contribution in [0.1, 0.15) is 24.2 Å². The van der Waals surface area contributed by atoms with Crippen LogP contribution in [0.2, 0.25) is 0 Å². The Morgan fingerprint density at radius 3 is 2.08 bits per heavy atom. The quantitative estimate of drug-likeness (QED) is 0.736. The predicted molar refractivity (Wildman–Crippen MR) is 98.2 cm³/mol. The Balaban J connectivity index is 2.07. The molecule has 2 rings (SSSR count). The maximum atomic E-state index is 12.3. The molecule has 0 aromatic heterocycles. The average molecular weight is 361 g/mol. The molecule has 2 aromatic carbocycles. The molecule has 8 heteroatoms. The molecule has 2 amide bonds. The predicted octanol–water partition coefficient (Wildman–Crippen LogP) is 2.66. The molecule has 0 aliphatic heterocycles. The van der Waals surface area contributed by atoms with Crippen LogP contribution in [0.15, 0.2) is 48.5 Å². The first-order valence-corrected chi connectivity index (χ1v) is 9.24. The van der Waals surface area contributed by atoms with Gasteiger partial charge in [0, 0.05) is 29.5 Å². The van der Waals surface area contributed by atoms with Gasteiger partial charge >= 0.3 is 0 Å². The third kappa shape index (κ3) is 5.61. The topological polar surface area (TPSA) is 104 Å². The number of hydrogen-bond donors (Lipinski definition) is 3. The fraction of sp³-hybridized carbons (Fsp3) is 0.176. The second-order valence-corrected chi connectivity index (χ2v) is 7.31. The van der Waals surface area contributed by atoms with Gasteiger partial charge in [-0.1, -0.05) is 6.07 Å². The van der Waals surface area contributed by atoms with Crippen molar-refractivity contribution in [2.24, 2.45) is 0 Å². The molecule has 0 bridgehead atoms. The highest BCUT2D eigenvalue weighted by molar-refractivity contribution is 7.92. The number of anilines is 3. The number of benzene rings is 2. The zero-order valence-corrected chi connectivity index (χ0v) is 14.7. The average Bonchev–Trinajstić information content (AvgIpc) is 2.55. The van der Waals surface area contributed by atoms with Gasteiger partial charge in [0.05, 0.1) is 5.75 Å². The Labute approximate surface area is 146 Å². The molecule has 2 aromatic rings. The lowest BCUT2D eigenvalue weighted by molar-refractivity contribution is -0.114. The molecule has 0 saturated carbocycles. The lowest BCUT2D eigenvalue weighted by atomic mass is 10.2. The van der Waals surface area contributed by atoms with Crippen LogP contribution in [0.5, 0.6) is 0 Å². The molecular formula is C17H19N3O4S. The van der Waals surface area contributed by atoms with Crippen molar-refractivity contribution in [1.82, 2.24) is 0 Å². The van der Waals surface area contributed by atoms with Gasteiger partial charge in [0.25, 0.3) is 5.91 Å². The standard InChI is InChI=1S/C17H19N3O4S/c1-3-25(23,24)20-14-9-7-13(8-10-14)17(22)19-16-6-4-5-15(11-16)18-12(2)21/h4-11,20H,3H2,1-2H3,(H,18,21)(H,19,22). The largest absolute Gasteiger partial charge is 0.326 e. The highest BCUT2D eigenvalue weighted by Crippen LogP contribution is 2.17. The second-order valence-electron chi connectivity index (χ2n) is 5.30. The van der Waals surface area contributed by atoms with Crippen LogP contribution in [0.25, 0.3) is 0 Å². The number of rotatable bonds is 6. The maximum absolute atomic E-state index is 12.3. The zero-order valence-electron chi connectivity index (χ0n) is 13.9. The molecular weight excluding hydrogens is 342 g/mol. The number of amides is 2. The van der Waals surface area contributed by atoms with E-state index in [1.165, 1.54) is 31.2 Å². The van der Waals surface area contributed by atoms with Crippen LogP contribution in [0, 0.1) is 0 Å². The molecule has 0 radical (unpaired) electrons.